The van der Waals surface area contributed by atoms with E-state index >= 15 is 0 Å². The molecule has 7 nitrogen and oxygen atoms in total. The Balaban J connectivity index is 1.56. The van der Waals surface area contributed by atoms with E-state index in [2.05, 4.69) is 51.1 Å². The van der Waals surface area contributed by atoms with Crippen molar-refractivity contribution in [2.24, 2.45) is 0 Å². The van der Waals surface area contributed by atoms with Crippen molar-refractivity contribution in [2.75, 3.05) is 25.5 Å². The van der Waals surface area contributed by atoms with Crippen molar-refractivity contribution in [3.8, 4) is 0 Å². The smallest absolute Gasteiger partial charge is 0.251 e. The molecular formula is C26H34Cl2N6O. The number of hydrogen-bond acceptors (Lipinski definition) is 5. The number of fused-ring (bicyclic) bond motifs is 1. The number of H-pyrrole nitrogens is 1. The van der Waals surface area contributed by atoms with Crippen LogP contribution >= 0.6 is 23.2 Å². The second kappa shape index (κ2) is 10.7. The third kappa shape index (κ3) is 5.27. The molecule has 2 aromatic heterocycles. The van der Waals surface area contributed by atoms with Crippen LogP contribution in [-0.4, -0.2) is 58.5 Å². The highest BCUT2D eigenvalue weighted by atomic mass is 35.5. The maximum absolute atomic E-state index is 13.3. The third-order valence-corrected chi connectivity index (χ3v) is 7.83. The lowest BCUT2D eigenvalue weighted by atomic mass is 9.89. The van der Waals surface area contributed by atoms with E-state index in [0.717, 1.165) is 47.4 Å². The molecule has 35 heavy (non-hydrogen) atoms. The summed E-state index contributed by atoms with van der Waals surface area (Å²) in [7, 11) is 4.32. The van der Waals surface area contributed by atoms with Crippen LogP contribution in [0.4, 0.5) is 5.69 Å². The molecule has 0 radical (unpaired) electrons. The molecule has 0 bridgehead atoms. The molecule has 2 N–H and O–H groups in total. The molecule has 1 saturated carbocycles. The Kier molecular flexibility index (Phi) is 7.89. The maximum atomic E-state index is 13.3. The minimum Gasteiger partial charge on any atom is -0.369 e. The van der Waals surface area contributed by atoms with Crippen LogP contribution in [0.25, 0.3) is 11.0 Å². The van der Waals surface area contributed by atoms with Gasteiger partial charge in [0.1, 0.15) is 10.7 Å². The summed E-state index contributed by atoms with van der Waals surface area (Å²) in [5.41, 5.74) is 5.54. The number of nitrogens with zero attached hydrogens (tertiary/aromatic N) is 4. The number of aromatic amines is 1. The fraction of sp³-hybridized carbons (Fsp3) is 0.500. The first-order valence-corrected chi connectivity index (χ1v) is 13.0. The fourth-order valence-electron chi connectivity index (χ4n) is 5.31. The molecule has 9 heteroatoms. The second-order valence-electron chi connectivity index (χ2n) is 9.58. The van der Waals surface area contributed by atoms with Crippen molar-refractivity contribution in [1.29, 1.82) is 0 Å². The van der Waals surface area contributed by atoms with Crippen molar-refractivity contribution in [3.63, 3.8) is 0 Å². The van der Waals surface area contributed by atoms with E-state index in [0.29, 0.717) is 33.4 Å². The average molecular weight is 518 g/mol. The number of imidazole rings is 1. The SMILES string of the molecule is CCN(c1cc(Cl)cc(C(=O)NCc2c(Cl)nc(C)c3nc[nH]c23)c1C)[C@H]1CC[C@H](N(C)C)CC1. The van der Waals surface area contributed by atoms with Crippen LogP contribution in [0.2, 0.25) is 10.2 Å². The van der Waals surface area contributed by atoms with Crippen LogP contribution in [0.5, 0.6) is 0 Å². The standard InChI is InChI=1S/C26H34Cl2N6O/c1-6-34(19-9-7-18(8-10-19)33(4)5)22-12-17(27)11-20(15(22)2)26(35)29-13-21-24-23(30-14-31-24)16(3)32-25(21)28/h11-12,14,18-19H,6-10,13H2,1-5H3,(H,29,35)(H,30,31)/t18-,19-. The zero-order chi connectivity index (χ0) is 25.3. The summed E-state index contributed by atoms with van der Waals surface area (Å²) < 4.78 is 0. The Morgan fingerprint density at radius 2 is 1.83 bits per heavy atom. The van der Waals surface area contributed by atoms with Crippen molar-refractivity contribution in [1.82, 2.24) is 25.2 Å². The molecule has 2 heterocycles. The number of rotatable bonds is 7. The van der Waals surface area contributed by atoms with E-state index in [4.69, 9.17) is 23.2 Å². The van der Waals surface area contributed by atoms with Gasteiger partial charge >= 0.3 is 0 Å². The summed E-state index contributed by atoms with van der Waals surface area (Å²) in [5.74, 6) is -0.192. The largest absolute Gasteiger partial charge is 0.369 e. The Labute approximate surface area is 217 Å². The average Bonchev–Trinajstić information content (AvgIpc) is 3.32. The van der Waals surface area contributed by atoms with Gasteiger partial charge in [0, 0.05) is 47.0 Å². The van der Waals surface area contributed by atoms with E-state index in [1.165, 1.54) is 12.8 Å². The van der Waals surface area contributed by atoms with Gasteiger partial charge in [-0.2, -0.15) is 0 Å². The van der Waals surface area contributed by atoms with E-state index in [9.17, 15) is 4.79 Å². The van der Waals surface area contributed by atoms with E-state index in [-0.39, 0.29) is 12.5 Å². The number of halogens is 2. The van der Waals surface area contributed by atoms with Crippen molar-refractivity contribution >= 4 is 45.8 Å². The molecule has 1 fully saturated rings. The highest BCUT2D eigenvalue weighted by molar-refractivity contribution is 6.31. The number of aromatic nitrogens is 3. The number of benzene rings is 1. The molecule has 188 valence electrons. The number of pyridine rings is 1. The lowest BCUT2D eigenvalue weighted by Crippen LogP contribution is -2.42. The van der Waals surface area contributed by atoms with Gasteiger partial charge in [-0.3, -0.25) is 4.79 Å². The van der Waals surface area contributed by atoms with Crippen molar-refractivity contribution in [2.45, 2.75) is 65.1 Å². The van der Waals surface area contributed by atoms with E-state index < -0.39 is 0 Å². The van der Waals surface area contributed by atoms with Gasteiger partial charge in [0.15, 0.2) is 0 Å². The topological polar surface area (TPSA) is 77.1 Å². The number of nitrogens with one attached hydrogen (secondary N) is 2. The van der Waals surface area contributed by atoms with Gasteiger partial charge in [-0.05, 0) is 78.2 Å². The first kappa shape index (κ1) is 25.7. The van der Waals surface area contributed by atoms with Crippen LogP contribution in [0, 0.1) is 13.8 Å². The van der Waals surface area contributed by atoms with Crippen molar-refractivity contribution in [3.05, 3.63) is 51.0 Å². The molecule has 0 spiro atoms. The Morgan fingerprint density at radius 3 is 2.49 bits per heavy atom. The highest BCUT2D eigenvalue weighted by Gasteiger charge is 2.28. The van der Waals surface area contributed by atoms with Crippen LogP contribution < -0.4 is 10.2 Å². The third-order valence-electron chi connectivity index (χ3n) is 7.30. The van der Waals surface area contributed by atoms with Gasteiger partial charge in [0.2, 0.25) is 0 Å². The van der Waals surface area contributed by atoms with Gasteiger partial charge in [-0.15, -0.1) is 0 Å². The number of aryl methyl sites for hydroxylation is 1. The first-order chi connectivity index (χ1) is 16.7. The minimum atomic E-state index is -0.192. The molecule has 1 aromatic carbocycles. The molecule has 0 atom stereocenters. The molecule has 0 aliphatic heterocycles. The van der Waals surface area contributed by atoms with Gasteiger partial charge in [0.25, 0.3) is 5.91 Å². The molecule has 1 aliphatic rings. The Hall–Kier alpha value is -2.35. The van der Waals surface area contributed by atoms with Crippen LogP contribution in [0.3, 0.4) is 0 Å². The van der Waals surface area contributed by atoms with Gasteiger partial charge in [-0.25, -0.2) is 9.97 Å². The summed E-state index contributed by atoms with van der Waals surface area (Å²) in [5, 5.41) is 3.93. The quantitative estimate of drug-likeness (QED) is 0.404. The summed E-state index contributed by atoms with van der Waals surface area (Å²) in [6.45, 7) is 7.13. The Bertz CT molecular complexity index is 1220. The minimum absolute atomic E-state index is 0.192. The number of carbonyl (C=O) groups excluding carboxylic acids is 1. The fourth-order valence-corrected chi connectivity index (χ4v) is 5.81. The highest BCUT2D eigenvalue weighted by Crippen LogP contribution is 2.34. The van der Waals surface area contributed by atoms with Gasteiger partial charge < -0.3 is 20.1 Å². The van der Waals surface area contributed by atoms with E-state index in [1.807, 2.05) is 19.9 Å². The lowest BCUT2D eigenvalue weighted by molar-refractivity contribution is 0.0950. The molecule has 1 amide bonds. The molecule has 4 rings (SSSR count). The summed E-state index contributed by atoms with van der Waals surface area (Å²) in [6, 6.07) is 4.81. The lowest BCUT2D eigenvalue weighted by Gasteiger charge is -2.40. The van der Waals surface area contributed by atoms with Crippen molar-refractivity contribution < 1.29 is 4.79 Å². The van der Waals surface area contributed by atoms with Crippen LogP contribution in [-0.2, 0) is 6.54 Å². The summed E-state index contributed by atoms with van der Waals surface area (Å²) in [6.07, 6.45) is 6.22. The zero-order valence-electron chi connectivity index (χ0n) is 21.1. The molecule has 0 saturated heterocycles. The number of amides is 1. The number of anilines is 1. The molecule has 1 aliphatic carbocycles. The first-order valence-electron chi connectivity index (χ1n) is 12.2. The zero-order valence-corrected chi connectivity index (χ0v) is 22.6. The Morgan fingerprint density at radius 1 is 1.14 bits per heavy atom. The molecule has 3 aromatic rings. The summed E-state index contributed by atoms with van der Waals surface area (Å²) in [4.78, 5) is 29.9. The predicted molar refractivity (Wildman–Crippen MR) is 144 cm³/mol. The van der Waals surface area contributed by atoms with Crippen LogP contribution in [0.1, 0.15) is 59.8 Å². The maximum Gasteiger partial charge on any atom is 0.251 e. The molecular weight excluding hydrogens is 483 g/mol. The normalized spacial score (nSPS) is 18.3. The monoisotopic (exact) mass is 516 g/mol. The number of carbonyl (C=O) groups is 1. The van der Waals surface area contributed by atoms with Crippen LogP contribution in [0.15, 0.2) is 18.5 Å². The summed E-state index contributed by atoms with van der Waals surface area (Å²) >= 11 is 12.9. The van der Waals surface area contributed by atoms with Gasteiger partial charge in [-0.1, -0.05) is 23.2 Å². The van der Waals surface area contributed by atoms with E-state index in [1.54, 1.807) is 12.4 Å². The predicted octanol–water partition coefficient (Wildman–Crippen LogP) is 5.51. The molecule has 0 unspecified atom stereocenters. The number of hydrogen-bond donors (Lipinski definition) is 2. The second-order valence-corrected chi connectivity index (χ2v) is 10.4. The van der Waals surface area contributed by atoms with Gasteiger partial charge in [0.05, 0.1) is 17.5 Å².